The molecule has 6 nitrogen and oxygen atoms in total. The lowest BCUT2D eigenvalue weighted by Crippen LogP contribution is -2.43. The van der Waals surface area contributed by atoms with Gasteiger partial charge in [0, 0.05) is 38.3 Å². The lowest BCUT2D eigenvalue weighted by Gasteiger charge is -2.27. The Morgan fingerprint density at radius 3 is 2.84 bits per heavy atom. The van der Waals surface area contributed by atoms with E-state index in [1.54, 1.807) is 0 Å². The first-order chi connectivity index (χ1) is 12.3. The maximum absolute atomic E-state index is 4.36. The molecule has 2 aromatic heterocycles. The Labute approximate surface area is 153 Å². The first-order valence-corrected chi connectivity index (χ1v) is 9.83. The number of hydrogen-bond acceptors (Lipinski definition) is 4. The minimum absolute atomic E-state index is 0.430. The number of guanidine groups is 1. The van der Waals surface area contributed by atoms with Crippen molar-refractivity contribution in [1.29, 1.82) is 0 Å². The van der Waals surface area contributed by atoms with E-state index in [4.69, 9.17) is 0 Å². The van der Waals surface area contributed by atoms with E-state index in [9.17, 15) is 0 Å². The van der Waals surface area contributed by atoms with Crippen LogP contribution in [0.1, 0.15) is 29.3 Å². The number of aryl methyl sites for hydroxylation is 1. The Hall–Kier alpha value is -1.86. The van der Waals surface area contributed by atoms with Crippen LogP contribution in [-0.2, 0) is 13.5 Å². The highest BCUT2D eigenvalue weighted by molar-refractivity contribution is 7.10. The molecular weight excluding hydrogens is 332 g/mol. The number of rotatable bonds is 7. The molecule has 0 amide bonds. The molecule has 3 heterocycles. The van der Waals surface area contributed by atoms with Crippen LogP contribution in [-0.4, -0.2) is 53.9 Å². The van der Waals surface area contributed by atoms with Crippen LogP contribution < -0.4 is 10.6 Å². The molecule has 1 aliphatic rings. The zero-order valence-electron chi connectivity index (χ0n) is 15.1. The fraction of sp³-hybridized carbons (Fsp3) is 0.556. The second-order valence-electron chi connectivity index (χ2n) is 6.43. The van der Waals surface area contributed by atoms with Gasteiger partial charge < -0.3 is 10.6 Å². The van der Waals surface area contributed by atoms with Crippen molar-refractivity contribution in [3.05, 3.63) is 40.3 Å². The number of aromatic nitrogens is 2. The first-order valence-electron chi connectivity index (χ1n) is 8.96. The third-order valence-electron chi connectivity index (χ3n) is 4.60. The van der Waals surface area contributed by atoms with Gasteiger partial charge in [-0.25, -0.2) is 0 Å². The van der Waals surface area contributed by atoms with Gasteiger partial charge in [0.1, 0.15) is 0 Å². The van der Waals surface area contributed by atoms with E-state index in [0.717, 1.165) is 25.5 Å². The van der Waals surface area contributed by atoms with Crippen LogP contribution in [0.25, 0.3) is 0 Å². The molecule has 7 heteroatoms. The number of nitrogens with one attached hydrogen (secondary N) is 2. The van der Waals surface area contributed by atoms with Crippen LogP contribution in [0.15, 0.2) is 34.9 Å². The summed E-state index contributed by atoms with van der Waals surface area (Å²) in [6.07, 6.45) is 7.52. The Bertz CT molecular complexity index is 657. The summed E-state index contributed by atoms with van der Waals surface area (Å²) >= 11 is 1.84. The number of aliphatic imine (C=N–C) groups is 1. The lowest BCUT2D eigenvalue weighted by atomic mass is 10.2. The van der Waals surface area contributed by atoms with Crippen molar-refractivity contribution < 1.29 is 0 Å². The molecule has 0 spiro atoms. The number of thiophene rings is 1. The van der Waals surface area contributed by atoms with E-state index in [-0.39, 0.29) is 0 Å². The third kappa shape index (κ3) is 5.06. The van der Waals surface area contributed by atoms with Crippen LogP contribution >= 0.6 is 11.3 Å². The van der Waals surface area contributed by atoms with Gasteiger partial charge >= 0.3 is 0 Å². The second-order valence-corrected chi connectivity index (χ2v) is 7.41. The molecule has 1 atom stereocenters. The second kappa shape index (κ2) is 9.01. The van der Waals surface area contributed by atoms with E-state index in [1.807, 2.05) is 36.3 Å². The highest BCUT2D eigenvalue weighted by atomic mass is 32.1. The van der Waals surface area contributed by atoms with Crippen molar-refractivity contribution >= 4 is 17.3 Å². The van der Waals surface area contributed by atoms with Gasteiger partial charge in [-0.15, -0.1) is 11.3 Å². The predicted octanol–water partition coefficient (Wildman–Crippen LogP) is 2.03. The van der Waals surface area contributed by atoms with E-state index in [2.05, 4.69) is 49.3 Å². The summed E-state index contributed by atoms with van der Waals surface area (Å²) in [4.78, 5) is 8.38. The van der Waals surface area contributed by atoms with Crippen LogP contribution in [0, 0.1) is 0 Å². The molecule has 1 unspecified atom stereocenters. The quantitative estimate of drug-likeness (QED) is 0.586. The molecule has 1 aliphatic heterocycles. The average molecular weight is 361 g/mol. The highest BCUT2D eigenvalue weighted by Gasteiger charge is 2.24. The van der Waals surface area contributed by atoms with Crippen LogP contribution in [0.5, 0.6) is 0 Å². The standard InChI is InChI=1S/C18H28N6S/c1-19-18(20-8-7-15-12-22-23(2)14-15)21-13-16(17-6-5-11-25-17)24-9-3-4-10-24/h5-6,11-12,14,16H,3-4,7-10,13H2,1-2H3,(H2,19,20,21). The van der Waals surface area contributed by atoms with E-state index in [0.29, 0.717) is 6.04 Å². The zero-order valence-corrected chi connectivity index (χ0v) is 15.9. The van der Waals surface area contributed by atoms with E-state index < -0.39 is 0 Å². The molecule has 0 saturated carbocycles. The van der Waals surface area contributed by atoms with Crippen molar-refractivity contribution in [3.63, 3.8) is 0 Å². The van der Waals surface area contributed by atoms with Crippen molar-refractivity contribution in [1.82, 2.24) is 25.3 Å². The summed E-state index contributed by atoms with van der Waals surface area (Å²) in [6, 6.07) is 4.82. The predicted molar refractivity (Wildman–Crippen MR) is 104 cm³/mol. The topological polar surface area (TPSA) is 57.5 Å². The van der Waals surface area contributed by atoms with Crippen LogP contribution in [0.4, 0.5) is 0 Å². The van der Waals surface area contributed by atoms with Gasteiger partial charge in [0.2, 0.25) is 0 Å². The molecule has 0 aliphatic carbocycles. The van der Waals surface area contributed by atoms with Crippen LogP contribution in [0.3, 0.4) is 0 Å². The van der Waals surface area contributed by atoms with E-state index in [1.165, 1.54) is 36.4 Å². The van der Waals surface area contributed by atoms with Crippen molar-refractivity contribution in [3.8, 4) is 0 Å². The Morgan fingerprint density at radius 2 is 2.20 bits per heavy atom. The van der Waals surface area contributed by atoms with Crippen molar-refractivity contribution in [2.75, 3.05) is 33.2 Å². The van der Waals surface area contributed by atoms with Gasteiger partial charge in [0.05, 0.1) is 12.2 Å². The molecule has 2 N–H and O–H groups in total. The van der Waals surface area contributed by atoms with Gasteiger partial charge in [-0.3, -0.25) is 14.6 Å². The summed E-state index contributed by atoms with van der Waals surface area (Å²) in [6.45, 7) is 4.11. The SMILES string of the molecule is CN=C(NCCc1cnn(C)c1)NCC(c1cccs1)N1CCCC1. The number of hydrogen-bond donors (Lipinski definition) is 2. The van der Waals surface area contributed by atoms with Crippen molar-refractivity contribution in [2.45, 2.75) is 25.3 Å². The smallest absolute Gasteiger partial charge is 0.191 e. The lowest BCUT2D eigenvalue weighted by molar-refractivity contribution is 0.249. The summed E-state index contributed by atoms with van der Waals surface area (Å²) < 4.78 is 1.84. The Balaban J connectivity index is 1.50. The molecule has 2 aromatic rings. The maximum atomic E-state index is 4.36. The largest absolute Gasteiger partial charge is 0.356 e. The molecule has 1 saturated heterocycles. The third-order valence-corrected chi connectivity index (χ3v) is 5.58. The van der Waals surface area contributed by atoms with Gasteiger partial charge in [-0.2, -0.15) is 5.10 Å². The first kappa shape index (κ1) is 17.9. The molecular formula is C18H28N6S. The molecule has 25 heavy (non-hydrogen) atoms. The van der Waals surface area contributed by atoms with Gasteiger partial charge in [-0.1, -0.05) is 6.07 Å². The van der Waals surface area contributed by atoms with Crippen LogP contribution in [0.2, 0.25) is 0 Å². The highest BCUT2D eigenvalue weighted by Crippen LogP contribution is 2.27. The number of likely N-dealkylation sites (tertiary alicyclic amines) is 1. The summed E-state index contributed by atoms with van der Waals surface area (Å²) in [5.74, 6) is 0.865. The minimum Gasteiger partial charge on any atom is -0.356 e. The zero-order chi connectivity index (χ0) is 17.5. The molecule has 0 aromatic carbocycles. The van der Waals surface area contributed by atoms with Gasteiger partial charge in [0.15, 0.2) is 5.96 Å². The molecule has 136 valence electrons. The maximum Gasteiger partial charge on any atom is 0.191 e. The average Bonchev–Trinajstić information content (AvgIpc) is 3.37. The number of nitrogens with zero attached hydrogens (tertiary/aromatic N) is 4. The minimum atomic E-state index is 0.430. The van der Waals surface area contributed by atoms with Gasteiger partial charge in [-0.05, 0) is 49.4 Å². The fourth-order valence-corrected chi connectivity index (χ4v) is 4.14. The monoisotopic (exact) mass is 360 g/mol. The Morgan fingerprint density at radius 1 is 1.36 bits per heavy atom. The van der Waals surface area contributed by atoms with Crippen molar-refractivity contribution in [2.24, 2.45) is 12.0 Å². The molecule has 0 bridgehead atoms. The molecule has 1 fully saturated rings. The Kier molecular flexibility index (Phi) is 6.47. The normalized spacial score (nSPS) is 17.0. The molecule has 3 rings (SSSR count). The fourth-order valence-electron chi connectivity index (χ4n) is 3.28. The summed E-state index contributed by atoms with van der Waals surface area (Å²) in [7, 11) is 3.77. The van der Waals surface area contributed by atoms with E-state index >= 15 is 0 Å². The van der Waals surface area contributed by atoms with Gasteiger partial charge in [0.25, 0.3) is 0 Å². The summed E-state index contributed by atoms with van der Waals surface area (Å²) in [5, 5.41) is 13.3. The molecule has 0 radical (unpaired) electrons. The summed E-state index contributed by atoms with van der Waals surface area (Å²) in [5.41, 5.74) is 1.24.